The predicted molar refractivity (Wildman–Crippen MR) is 141 cm³/mol. The van der Waals surface area contributed by atoms with Gasteiger partial charge in [0.2, 0.25) is 5.88 Å². The lowest BCUT2D eigenvalue weighted by molar-refractivity contribution is -0.384. The number of carbonyl (C=O) groups is 1. The van der Waals surface area contributed by atoms with Gasteiger partial charge in [-0.2, -0.15) is 4.98 Å². The molecule has 1 aromatic heterocycles. The number of hydrogen-bond donors (Lipinski definition) is 1. The average molecular weight is 525 g/mol. The number of aromatic nitrogens is 2. The van der Waals surface area contributed by atoms with E-state index in [1.165, 1.54) is 18.2 Å². The molecule has 0 aliphatic rings. The van der Waals surface area contributed by atoms with E-state index in [-0.39, 0.29) is 18.2 Å². The number of halogens is 1. The number of ether oxygens (including phenoxy) is 2. The van der Waals surface area contributed by atoms with E-state index in [1.807, 2.05) is 12.1 Å². The second kappa shape index (κ2) is 10.9. The highest BCUT2D eigenvalue weighted by Crippen LogP contribution is 2.30. The number of nitrogens with zero attached hydrogens (tertiary/aromatic N) is 3. The first-order valence-electron chi connectivity index (χ1n) is 11.7. The lowest BCUT2D eigenvalue weighted by Gasteiger charge is -2.11. The molecule has 0 radical (unpaired) electrons. The van der Waals surface area contributed by atoms with Crippen molar-refractivity contribution in [2.75, 3.05) is 6.61 Å². The van der Waals surface area contributed by atoms with Crippen molar-refractivity contribution in [3.8, 4) is 34.3 Å². The van der Waals surface area contributed by atoms with Gasteiger partial charge in [-0.15, -0.1) is 0 Å². The Balaban J connectivity index is 1.51. The number of rotatable bonds is 9. The number of nitro benzene ring substituents is 1. The van der Waals surface area contributed by atoms with E-state index in [2.05, 4.69) is 9.97 Å². The molecule has 0 saturated carbocycles. The highest BCUT2D eigenvalue weighted by molar-refractivity contribution is 5.88. The summed E-state index contributed by atoms with van der Waals surface area (Å²) < 4.78 is 25.2. The molecular weight excluding hydrogens is 505 g/mol. The number of non-ortho nitro benzene ring substituents is 1. The molecule has 0 fully saturated rings. The Morgan fingerprint density at radius 2 is 1.59 bits per heavy atom. The van der Waals surface area contributed by atoms with Crippen molar-refractivity contribution >= 4 is 22.4 Å². The summed E-state index contributed by atoms with van der Waals surface area (Å²) in [4.78, 5) is 30.6. The summed E-state index contributed by atoms with van der Waals surface area (Å²) in [6.45, 7) is -0.498. The van der Waals surface area contributed by atoms with E-state index in [4.69, 9.17) is 14.6 Å². The van der Waals surface area contributed by atoms with Gasteiger partial charge >= 0.3 is 5.97 Å². The van der Waals surface area contributed by atoms with Crippen LogP contribution in [0, 0.1) is 15.9 Å². The van der Waals surface area contributed by atoms with Crippen molar-refractivity contribution in [3.05, 3.63) is 112 Å². The van der Waals surface area contributed by atoms with Gasteiger partial charge in [-0.05, 0) is 47.2 Å². The minimum atomic E-state index is -1.07. The van der Waals surface area contributed by atoms with E-state index < -0.39 is 23.3 Å². The fraction of sp³-hybridized carbons (Fsp3) is 0.0690. The summed E-state index contributed by atoms with van der Waals surface area (Å²) in [5, 5.41) is 21.6. The molecule has 0 bridgehead atoms. The first-order valence-corrected chi connectivity index (χ1v) is 11.7. The third-order valence-corrected chi connectivity index (χ3v) is 5.84. The smallest absolute Gasteiger partial charge is 0.341 e. The second-order valence-corrected chi connectivity index (χ2v) is 8.51. The Hall–Kier alpha value is -5.38. The number of carboxylic acids is 1. The Labute approximate surface area is 221 Å². The van der Waals surface area contributed by atoms with Crippen LogP contribution in [0.2, 0.25) is 0 Å². The van der Waals surface area contributed by atoms with Crippen LogP contribution < -0.4 is 9.47 Å². The van der Waals surface area contributed by atoms with Gasteiger partial charge in [0.15, 0.2) is 12.4 Å². The fourth-order valence-corrected chi connectivity index (χ4v) is 3.89. The number of fused-ring (bicyclic) bond motifs is 1. The van der Waals surface area contributed by atoms with E-state index in [9.17, 15) is 19.3 Å². The van der Waals surface area contributed by atoms with Crippen LogP contribution in [0.4, 0.5) is 10.1 Å². The van der Waals surface area contributed by atoms with Gasteiger partial charge in [-0.25, -0.2) is 14.2 Å². The molecule has 1 heterocycles. The molecule has 0 saturated heterocycles. The first kappa shape index (κ1) is 25.3. The van der Waals surface area contributed by atoms with Crippen LogP contribution in [0.1, 0.15) is 5.56 Å². The summed E-state index contributed by atoms with van der Waals surface area (Å²) >= 11 is 0. The summed E-state index contributed by atoms with van der Waals surface area (Å²) in [5.74, 6) is -0.498. The van der Waals surface area contributed by atoms with Gasteiger partial charge in [-0.1, -0.05) is 36.4 Å². The standard InChI is InChI=1S/C29H20FN3O6/c30-25-4-2-1-3-22(25)16-39-27-15-26(18-7-10-23(11-8-18)33(36)37)31-29(32-27)21-6-5-20-14-24(38-17-28(34)35)12-9-19(20)13-21/h1-15H,16-17H2,(H,34,35). The highest BCUT2D eigenvalue weighted by atomic mass is 19.1. The van der Waals surface area contributed by atoms with E-state index in [1.54, 1.807) is 60.7 Å². The molecule has 39 heavy (non-hydrogen) atoms. The molecule has 10 heteroatoms. The minimum Gasteiger partial charge on any atom is -0.482 e. The number of nitro groups is 1. The van der Waals surface area contributed by atoms with E-state index in [0.717, 1.165) is 10.8 Å². The van der Waals surface area contributed by atoms with Gasteiger partial charge in [0, 0.05) is 34.9 Å². The van der Waals surface area contributed by atoms with Gasteiger partial charge < -0.3 is 14.6 Å². The molecule has 4 aromatic carbocycles. The summed E-state index contributed by atoms with van der Waals surface area (Å²) in [6, 6.07) is 24.5. The average Bonchev–Trinajstić information content (AvgIpc) is 2.95. The maximum absolute atomic E-state index is 14.1. The molecule has 0 aliphatic heterocycles. The van der Waals surface area contributed by atoms with Crippen LogP contribution in [-0.2, 0) is 11.4 Å². The lowest BCUT2D eigenvalue weighted by Crippen LogP contribution is -2.09. The van der Waals surface area contributed by atoms with Crippen LogP contribution in [0.25, 0.3) is 33.4 Å². The van der Waals surface area contributed by atoms with E-state index >= 15 is 0 Å². The normalized spacial score (nSPS) is 10.8. The summed E-state index contributed by atoms with van der Waals surface area (Å²) in [7, 11) is 0. The van der Waals surface area contributed by atoms with E-state index in [0.29, 0.717) is 34.0 Å². The zero-order chi connectivity index (χ0) is 27.4. The van der Waals surface area contributed by atoms with Gasteiger partial charge in [0.25, 0.3) is 5.69 Å². The van der Waals surface area contributed by atoms with Gasteiger partial charge in [0.05, 0.1) is 10.6 Å². The zero-order valence-electron chi connectivity index (χ0n) is 20.3. The van der Waals surface area contributed by atoms with Crippen LogP contribution in [0.15, 0.2) is 91.0 Å². The molecule has 0 aliphatic carbocycles. The van der Waals surface area contributed by atoms with Crippen molar-refractivity contribution in [3.63, 3.8) is 0 Å². The molecule has 0 amide bonds. The molecule has 5 aromatic rings. The van der Waals surface area contributed by atoms with Crippen molar-refractivity contribution in [1.82, 2.24) is 9.97 Å². The fourth-order valence-electron chi connectivity index (χ4n) is 3.89. The number of hydrogen-bond acceptors (Lipinski definition) is 7. The lowest BCUT2D eigenvalue weighted by atomic mass is 10.1. The molecule has 0 atom stereocenters. The predicted octanol–water partition coefficient (Wildman–Crippen LogP) is 6.05. The first-order chi connectivity index (χ1) is 18.9. The van der Waals surface area contributed by atoms with Crippen LogP contribution >= 0.6 is 0 Å². The Morgan fingerprint density at radius 1 is 0.872 bits per heavy atom. The number of carboxylic acid groups (broad SMARTS) is 1. The Kier molecular flexibility index (Phi) is 7.09. The zero-order valence-corrected chi connectivity index (χ0v) is 20.3. The molecule has 0 spiro atoms. The van der Waals surface area contributed by atoms with Crippen LogP contribution in [0.5, 0.6) is 11.6 Å². The maximum Gasteiger partial charge on any atom is 0.341 e. The quantitative estimate of drug-likeness (QED) is 0.182. The van der Waals surface area contributed by atoms with Crippen molar-refractivity contribution < 1.29 is 28.7 Å². The largest absolute Gasteiger partial charge is 0.482 e. The second-order valence-electron chi connectivity index (χ2n) is 8.51. The van der Waals surface area contributed by atoms with Gasteiger partial charge in [-0.3, -0.25) is 10.1 Å². The summed E-state index contributed by atoms with van der Waals surface area (Å²) in [6.07, 6.45) is 0. The molecule has 1 N–H and O–H groups in total. The monoisotopic (exact) mass is 525 g/mol. The topological polar surface area (TPSA) is 125 Å². The van der Waals surface area contributed by atoms with Crippen LogP contribution in [0.3, 0.4) is 0 Å². The molecule has 5 rings (SSSR count). The highest BCUT2D eigenvalue weighted by Gasteiger charge is 2.13. The molecule has 0 unspecified atom stereocenters. The Bertz CT molecular complexity index is 1690. The van der Waals surface area contributed by atoms with Crippen LogP contribution in [-0.4, -0.2) is 32.6 Å². The van der Waals surface area contributed by atoms with Crippen molar-refractivity contribution in [2.24, 2.45) is 0 Å². The van der Waals surface area contributed by atoms with Crippen molar-refractivity contribution in [1.29, 1.82) is 0 Å². The SMILES string of the molecule is O=C(O)COc1ccc2cc(-c3nc(OCc4ccccc4F)cc(-c4ccc([N+](=O)[O-])cc4)n3)ccc2c1. The maximum atomic E-state index is 14.1. The molecular formula is C29H20FN3O6. The minimum absolute atomic E-state index is 0.0507. The molecule has 9 nitrogen and oxygen atoms in total. The Morgan fingerprint density at radius 3 is 2.33 bits per heavy atom. The summed E-state index contributed by atoms with van der Waals surface area (Å²) in [5.41, 5.74) is 2.06. The molecule has 194 valence electrons. The third-order valence-electron chi connectivity index (χ3n) is 5.84. The number of benzene rings is 4. The number of aliphatic carboxylic acids is 1. The van der Waals surface area contributed by atoms with Gasteiger partial charge in [0.1, 0.15) is 18.2 Å². The van der Waals surface area contributed by atoms with Crippen molar-refractivity contribution in [2.45, 2.75) is 6.61 Å². The third kappa shape index (κ3) is 5.96.